The third kappa shape index (κ3) is 4.69. The van der Waals surface area contributed by atoms with Gasteiger partial charge < -0.3 is 24.5 Å². The summed E-state index contributed by atoms with van der Waals surface area (Å²) in [7, 11) is 3.16. The molecule has 1 amide bonds. The number of fused-ring (bicyclic) bond motifs is 4. The molecule has 1 aliphatic heterocycles. The molecule has 6 rings (SSSR count). The minimum absolute atomic E-state index is 0.00727. The summed E-state index contributed by atoms with van der Waals surface area (Å²) in [6, 6.07) is 3.44. The number of rotatable bonds is 7. The van der Waals surface area contributed by atoms with Crippen LogP contribution < -0.4 is 10.9 Å². The first-order valence-electron chi connectivity index (χ1n) is 14.4. The molecule has 3 aromatic rings. The SMILES string of the molecule is CCC(C=O)c1cc2n(c(=O)c1COC)Cc1c-2nc2cc(F)c(C)c3c2c1CCC3.CNC(=O)C1(CO)CCC1. The van der Waals surface area contributed by atoms with E-state index >= 15 is 0 Å². The number of ether oxygens (including phenoxy) is 1. The van der Waals surface area contributed by atoms with Crippen LogP contribution in [0.2, 0.25) is 0 Å². The largest absolute Gasteiger partial charge is 0.395 e. The van der Waals surface area contributed by atoms with Crippen LogP contribution >= 0.6 is 0 Å². The summed E-state index contributed by atoms with van der Waals surface area (Å²) < 4.78 is 21.6. The zero-order valence-electron chi connectivity index (χ0n) is 24.2. The Balaban J connectivity index is 0.000000287. The Morgan fingerprint density at radius 1 is 1.24 bits per heavy atom. The maximum atomic E-state index is 14.6. The van der Waals surface area contributed by atoms with Crippen molar-refractivity contribution in [1.29, 1.82) is 0 Å². The predicted octanol–water partition coefficient (Wildman–Crippen LogP) is 4.10. The normalized spacial score (nSPS) is 16.6. The van der Waals surface area contributed by atoms with E-state index in [9.17, 15) is 18.8 Å². The third-order valence-corrected chi connectivity index (χ3v) is 9.28. The molecule has 1 atom stereocenters. The molecule has 2 aliphatic carbocycles. The van der Waals surface area contributed by atoms with Gasteiger partial charge in [-0.1, -0.05) is 13.3 Å². The molecule has 8 nitrogen and oxygen atoms in total. The first kappa shape index (κ1) is 29.1. The molecule has 3 heterocycles. The average Bonchev–Trinajstić information content (AvgIpc) is 3.33. The van der Waals surface area contributed by atoms with Gasteiger partial charge in [-0.25, -0.2) is 9.37 Å². The van der Waals surface area contributed by atoms with E-state index < -0.39 is 5.41 Å². The summed E-state index contributed by atoms with van der Waals surface area (Å²) in [5.41, 5.74) is 6.75. The van der Waals surface area contributed by atoms with E-state index in [4.69, 9.17) is 14.8 Å². The summed E-state index contributed by atoms with van der Waals surface area (Å²) in [6.07, 6.45) is 6.92. The predicted molar refractivity (Wildman–Crippen MR) is 155 cm³/mol. The second-order valence-electron chi connectivity index (χ2n) is 11.4. The lowest BCUT2D eigenvalue weighted by molar-refractivity contribution is -0.138. The Kier molecular flexibility index (Phi) is 8.12. The second kappa shape index (κ2) is 11.4. The van der Waals surface area contributed by atoms with Gasteiger partial charge in [0.2, 0.25) is 5.91 Å². The summed E-state index contributed by atoms with van der Waals surface area (Å²) in [4.78, 5) is 41.1. The van der Waals surface area contributed by atoms with Gasteiger partial charge in [-0.15, -0.1) is 0 Å². The quantitative estimate of drug-likeness (QED) is 0.328. The maximum absolute atomic E-state index is 14.6. The number of aldehydes is 1. The van der Waals surface area contributed by atoms with Crippen molar-refractivity contribution < 1.29 is 23.8 Å². The van der Waals surface area contributed by atoms with Crippen molar-refractivity contribution in [2.75, 3.05) is 20.8 Å². The van der Waals surface area contributed by atoms with E-state index in [2.05, 4.69) is 5.32 Å². The van der Waals surface area contributed by atoms with Gasteiger partial charge in [0, 0.05) is 42.7 Å². The molecular formula is C32H38FN3O5. The van der Waals surface area contributed by atoms with E-state index in [1.807, 2.05) is 19.9 Å². The fourth-order valence-electron chi connectivity index (χ4n) is 6.66. The molecule has 218 valence electrons. The van der Waals surface area contributed by atoms with Crippen molar-refractivity contribution >= 4 is 23.1 Å². The van der Waals surface area contributed by atoms with Crippen LogP contribution in [0.15, 0.2) is 16.9 Å². The Morgan fingerprint density at radius 2 is 1.98 bits per heavy atom. The molecule has 1 saturated carbocycles. The Morgan fingerprint density at radius 3 is 2.54 bits per heavy atom. The van der Waals surface area contributed by atoms with Crippen LogP contribution in [0.3, 0.4) is 0 Å². The van der Waals surface area contributed by atoms with Gasteiger partial charge in [0.05, 0.1) is 42.1 Å². The zero-order chi connectivity index (χ0) is 29.5. The molecule has 41 heavy (non-hydrogen) atoms. The van der Waals surface area contributed by atoms with Crippen molar-refractivity contribution in [3.8, 4) is 11.4 Å². The number of aliphatic hydroxyl groups excluding tert-OH is 1. The minimum Gasteiger partial charge on any atom is -0.395 e. The van der Waals surface area contributed by atoms with Gasteiger partial charge in [0.15, 0.2) is 0 Å². The van der Waals surface area contributed by atoms with Gasteiger partial charge in [-0.05, 0) is 73.8 Å². The van der Waals surface area contributed by atoms with Crippen LogP contribution in [0.1, 0.15) is 78.3 Å². The number of aromatic nitrogens is 2. The van der Waals surface area contributed by atoms with Gasteiger partial charge in [0.1, 0.15) is 12.1 Å². The van der Waals surface area contributed by atoms with Gasteiger partial charge >= 0.3 is 0 Å². The fourth-order valence-corrected chi connectivity index (χ4v) is 6.66. The van der Waals surface area contributed by atoms with E-state index in [1.54, 1.807) is 18.7 Å². The monoisotopic (exact) mass is 563 g/mol. The molecule has 1 fully saturated rings. The van der Waals surface area contributed by atoms with Gasteiger partial charge in [-0.2, -0.15) is 0 Å². The van der Waals surface area contributed by atoms with Crippen LogP contribution in [0.25, 0.3) is 22.3 Å². The van der Waals surface area contributed by atoms with E-state index in [0.29, 0.717) is 40.9 Å². The van der Waals surface area contributed by atoms with Crippen molar-refractivity contribution in [3.05, 3.63) is 61.7 Å². The van der Waals surface area contributed by atoms with Crippen LogP contribution in [0, 0.1) is 18.2 Å². The number of nitrogens with zero attached hydrogens (tertiary/aromatic N) is 2. The number of halogens is 1. The number of pyridine rings is 2. The topological polar surface area (TPSA) is 111 Å². The second-order valence-corrected chi connectivity index (χ2v) is 11.4. The lowest BCUT2D eigenvalue weighted by Crippen LogP contribution is -2.46. The summed E-state index contributed by atoms with van der Waals surface area (Å²) in [5.74, 6) is -0.624. The standard InChI is InChI=1S/C25H25FN2O3.C7H13NO2/c1-4-14(11-29)17-8-22-24-18(10-28(22)25(30)19(17)12-31-3)16-7-5-6-15-13(2)20(26)9-21(27-24)23(15)16;1-8-6(10)7(5-9)3-2-4-7/h8-9,11,14H,4-7,10,12H2,1-3H3;9H,2-5H2,1H3,(H,8,10). The highest BCUT2D eigenvalue weighted by atomic mass is 19.1. The first-order chi connectivity index (χ1) is 19.7. The molecule has 3 aliphatic rings. The van der Waals surface area contributed by atoms with E-state index in [1.165, 1.54) is 11.6 Å². The number of methoxy groups -OCH3 is 1. The van der Waals surface area contributed by atoms with Gasteiger partial charge in [-0.3, -0.25) is 9.59 Å². The van der Waals surface area contributed by atoms with Crippen LogP contribution in [-0.2, 0) is 40.3 Å². The number of carbonyl (C=O) groups excluding carboxylic acids is 2. The lowest BCUT2D eigenvalue weighted by Gasteiger charge is -2.37. The highest BCUT2D eigenvalue weighted by Gasteiger charge is 2.42. The average molecular weight is 564 g/mol. The third-order valence-electron chi connectivity index (χ3n) is 9.28. The van der Waals surface area contributed by atoms with Gasteiger partial charge in [0.25, 0.3) is 5.56 Å². The Hall–Kier alpha value is -3.43. The molecule has 0 spiro atoms. The number of hydrogen-bond donors (Lipinski definition) is 2. The zero-order valence-corrected chi connectivity index (χ0v) is 24.2. The van der Waals surface area contributed by atoms with Crippen LogP contribution in [0.4, 0.5) is 4.39 Å². The summed E-state index contributed by atoms with van der Waals surface area (Å²) in [6.45, 7) is 4.36. The minimum atomic E-state index is -0.422. The molecular weight excluding hydrogens is 525 g/mol. The van der Waals surface area contributed by atoms with Crippen molar-refractivity contribution in [2.45, 2.75) is 77.9 Å². The molecule has 0 radical (unpaired) electrons. The molecule has 9 heteroatoms. The molecule has 0 bridgehead atoms. The number of hydrogen-bond acceptors (Lipinski definition) is 6. The summed E-state index contributed by atoms with van der Waals surface area (Å²) in [5, 5.41) is 12.5. The smallest absolute Gasteiger partial charge is 0.257 e. The maximum Gasteiger partial charge on any atom is 0.257 e. The Labute approximate surface area is 238 Å². The number of nitrogens with one attached hydrogen (secondary N) is 1. The van der Waals surface area contributed by atoms with E-state index in [-0.39, 0.29) is 36.4 Å². The molecule has 1 aromatic carbocycles. The lowest BCUT2D eigenvalue weighted by atomic mass is 9.69. The number of carbonyl (C=O) groups is 2. The van der Waals surface area contributed by atoms with Crippen molar-refractivity contribution in [1.82, 2.24) is 14.9 Å². The highest BCUT2D eigenvalue weighted by molar-refractivity contribution is 5.92. The van der Waals surface area contributed by atoms with Crippen LogP contribution in [-0.4, -0.2) is 47.6 Å². The molecule has 2 aromatic heterocycles. The highest BCUT2D eigenvalue weighted by Crippen LogP contribution is 2.42. The summed E-state index contributed by atoms with van der Waals surface area (Å²) >= 11 is 0. The van der Waals surface area contributed by atoms with Crippen molar-refractivity contribution in [3.63, 3.8) is 0 Å². The number of benzene rings is 1. The molecule has 1 unspecified atom stereocenters. The van der Waals surface area contributed by atoms with Crippen LogP contribution in [0.5, 0.6) is 0 Å². The number of amides is 1. The number of aliphatic hydroxyl groups is 1. The van der Waals surface area contributed by atoms with E-state index in [0.717, 1.165) is 67.0 Å². The molecule has 0 saturated heterocycles. The number of aryl methyl sites for hydroxylation is 2. The first-order valence-corrected chi connectivity index (χ1v) is 14.4. The van der Waals surface area contributed by atoms with Crippen molar-refractivity contribution in [2.24, 2.45) is 5.41 Å². The fraction of sp³-hybridized carbons (Fsp3) is 0.500. The Bertz CT molecular complexity index is 1590. The molecule has 2 N–H and O–H groups in total.